The van der Waals surface area contributed by atoms with Gasteiger partial charge in [0.2, 0.25) is 0 Å². The molecule has 0 aromatic carbocycles. The minimum Gasteiger partial charge on any atom is -0.361 e. The number of hydrogen-bond acceptors (Lipinski definition) is 6. The highest BCUT2D eigenvalue weighted by Gasteiger charge is 2.23. The molecule has 1 aliphatic rings. The Labute approximate surface area is 136 Å². The lowest BCUT2D eigenvalue weighted by molar-refractivity contribution is 0.132. The molecule has 0 bridgehead atoms. The number of piperazine rings is 1. The van der Waals surface area contributed by atoms with E-state index in [2.05, 4.69) is 15.4 Å². The summed E-state index contributed by atoms with van der Waals surface area (Å²) in [7, 11) is -3.10. The molecule has 2 heterocycles. The molecule has 1 unspecified atom stereocenters. The van der Waals surface area contributed by atoms with E-state index in [9.17, 15) is 13.2 Å². The molecule has 0 saturated carbocycles. The zero-order valence-electron chi connectivity index (χ0n) is 13.8. The summed E-state index contributed by atoms with van der Waals surface area (Å²) in [4.78, 5) is 16.1. The minimum atomic E-state index is -3.10. The van der Waals surface area contributed by atoms with Gasteiger partial charge in [-0.05, 0) is 13.8 Å². The van der Waals surface area contributed by atoms with Crippen molar-refractivity contribution in [2.45, 2.75) is 26.4 Å². The molecule has 9 heteroatoms. The second kappa shape index (κ2) is 7.31. The summed E-state index contributed by atoms with van der Waals surface area (Å²) in [5, 5.41) is 6.71. The maximum absolute atomic E-state index is 12.1. The van der Waals surface area contributed by atoms with Crippen LogP contribution >= 0.6 is 0 Å². The standard InChI is InChI=1S/C14H24N4O4S/c1-11(10-23(3,20)21)15-14(19)18-6-4-17(5-7-18)9-13-8-12(2)22-16-13/h8,11H,4-7,9-10H2,1-3H3,(H,15,19). The number of nitrogens with one attached hydrogen (secondary N) is 1. The maximum atomic E-state index is 12.1. The zero-order chi connectivity index (χ0) is 17.0. The van der Waals surface area contributed by atoms with Gasteiger partial charge in [0.25, 0.3) is 0 Å². The second-order valence-electron chi connectivity index (χ2n) is 6.14. The van der Waals surface area contributed by atoms with Gasteiger partial charge in [0.1, 0.15) is 15.6 Å². The normalized spacial score (nSPS) is 18.0. The van der Waals surface area contributed by atoms with E-state index < -0.39 is 15.9 Å². The van der Waals surface area contributed by atoms with Crippen molar-refractivity contribution in [3.05, 3.63) is 17.5 Å². The summed E-state index contributed by atoms with van der Waals surface area (Å²) in [5.41, 5.74) is 0.891. The van der Waals surface area contributed by atoms with Crippen LogP contribution in [0.4, 0.5) is 4.79 Å². The molecule has 0 aliphatic carbocycles. The maximum Gasteiger partial charge on any atom is 0.317 e. The molecule has 8 nitrogen and oxygen atoms in total. The van der Waals surface area contributed by atoms with Crippen molar-refractivity contribution >= 4 is 15.9 Å². The predicted octanol–water partition coefficient (Wildman–Crippen LogP) is 0.243. The SMILES string of the molecule is Cc1cc(CN2CCN(C(=O)NC(C)CS(C)(=O)=O)CC2)no1. The van der Waals surface area contributed by atoms with Gasteiger partial charge < -0.3 is 14.7 Å². The average Bonchev–Trinajstić information content (AvgIpc) is 2.82. The Morgan fingerprint density at radius 3 is 2.57 bits per heavy atom. The first kappa shape index (κ1) is 17.7. The zero-order valence-corrected chi connectivity index (χ0v) is 14.6. The molecule has 0 spiro atoms. The molecule has 130 valence electrons. The fraction of sp³-hybridized carbons (Fsp3) is 0.714. The summed E-state index contributed by atoms with van der Waals surface area (Å²) in [6, 6.07) is 1.30. The van der Waals surface area contributed by atoms with Gasteiger partial charge in [-0.15, -0.1) is 0 Å². The first-order valence-electron chi connectivity index (χ1n) is 7.60. The minimum absolute atomic E-state index is 0.0514. The van der Waals surface area contributed by atoms with Crippen LogP contribution in [0, 0.1) is 6.92 Å². The smallest absolute Gasteiger partial charge is 0.317 e. The first-order chi connectivity index (χ1) is 10.7. The van der Waals surface area contributed by atoms with E-state index in [4.69, 9.17) is 4.52 Å². The Bertz CT molecular complexity index is 635. The lowest BCUT2D eigenvalue weighted by atomic mass is 10.3. The summed E-state index contributed by atoms with van der Waals surface area (Å²) in [6.07, 6.45) is 1.17. The van der Waals surface area contributed by atoms with Gasteiger partial charge >= 0.3 is 6.03 Å². The van der Waals surface area contributed by atoms with Crippen molar-refractivity contribution in [2.75, 3.05) is 38.2 Å². The number of hydrogen-bond donors (Lipinski definition) is 1. The molecule has 23 heavy (non-hydrogen) atoms. The number of carbonyl (C=O) groups excluding carboxylic acids is 1. The van der Waals surface area contributed by atoms with Crippen molar-refractivity contribution in [1.29, 1.82) is 0 Å². The van der Waals surface area contributed by atoms with Gasteiger partial charge in [0, 0.05) is 51.1 Å². The lowest BCUT2D eigenvalue weighted by Crippen LogP contribution is -2.53. The van der Waals surface area contributed by atoms with Crippen molar-refractivity contribution in [2.24, 2.45) is 0 Å². The highest BCUT2D eigenvalue weighted by molar-refractivity contribution is 7.90. The molecule has 1 aliphatic heterocycles. The van der Waals surface area contributed by atoms with Crippen LogP contribution in [0.1, 0.15) is 18.4 Å². The molecule has 1 saturated heterocycles. The molecule has 1 fully saturated rings. The molecule has 1 aromatic heterocycles. The fourth-order valence-corrected chi connectivity index (χ4v) is 3.62. The van der Waals surface area contributed by atoms with Crippen LogP contribution < -0.4 is 5.32 Å². The van der Waals surface area contributed by atoms with E-state index >= 15 is 0 Å². The Hall–Kier alpha value is -1.61. The van der Waals surface area contributed by atoms with E-state index in [1.165, 1.54) is 6.26 Å². The summed E-state index contributed by atoms with van der Waals surface area (Å²) in [6.45, 7) is 6.97. The average molecular weight is 344 g/mol. The monoisotopic (exact) mass is 344 g/mol. The quantitative estimate of drug-likeness (QED) is 0.822. The van der Waals surface area contributed by atoms with Crippen LogP contribution in [0.3, 0.4) is 0 Å². The molecular weight excluding hydrogens is 320 g/mol. The van der Waals surface area contributed by atoms with Crippen molar-refractivity contribution in [1.82, 2.24) is 20.3 Å². The number of nitrogens with zero attached hydrogens (tertiary/aromatic N) is 3. The Morgan fingerprint density at radius 1 is 1.39 bits per heavy atom. The molecule has 1 N–H and O–H groups in total. The van der Waals surface area contributed by atoms with E-state index in [0.717, 1.165) is 24.5 Å². The number of carbonyl (C=O) groups is 1. The van der Waals surface area contributed by atoms with Crippen LogP contribution in [0.15, 0.2) is 10.6 Å². The first-order valence-corrected chi connectivity index (χ1v) is 9.67. The molecule has 1 aromatic rings. The number of amides is 2. The fourth-order valence-electron chi connectivity index (χ4n) is 2.63. The van der Waals surface area contributed by atoms with Crippen LogP contribution in [0.5, 0.6) is 0 Å². The largest absolute Gasteiger partial charge is 0.361 e. The third kappa shape index (κ3) is 5.83. The highest BCUT2D eigenvalue weighted by atomic mass is 32.2. The van der Waals surface area contributed by atoms with Crippen LogP contribution in [0.2, 0.25) is 0 Å². The van der Waals surface area contributed by atoms with Crippen molar-refractivity contribution in [3.8, 4) is 0 Å². The van der Waals surface area contributed by atoms with E-state index in [1.807, 2.05) is 13.0 Å². The summed E-state index contributed by atoms with van der Waals surface area (Å²) in [5.74, 6) is 0.738. The molecule has 2 rings (SSSR count). The third-order valence-corrected chi connectivity index (χ3v) is 4.75. The number of rotatable bonds is 5. The van der Waals surface area contributed by atoms with Gasteiger partial charge in [-0.3, -0.25) is 4.90 Å². The highest BCUT2D eigenvalue weighted by Crippen LogP contribution is 2.09. The van der Waals surface area contributed by atoms with Crippen LogP contribution in [-0.2, 0) is 16.4 Å². The van der Waals surface area contributed by atoms with Crippen LogP contribution in [-0.4, -0.2) is 73.6 Å². The molecule has 1 atom stereocenters. The Balaban J connectivity index is 1.76. The number of sulfone groups is 1. The molecule has 2 amide bonds. The third-order valence-electron chi connectivity index (χ3n) is 3.64. The second-order valence-corrected chi connectivity index (χ2v) is 8.32. The lowest BCUT2D eigenvalue weighted by Gasteiger charge is -2.34. The molecule has 0 radical (unpaired) electrons. The van der Waals surface area contributed by atoms with Crippen molar-refractivity contribution in [3.63, 3.8) is 0 Å². The number of aromatic nitrogens is 1. The Morgan fingerprint density at radius 2 is 2.04 bits per heavy atom. The summed E-state index contributed by atoms with van der Waals surface area (Å²) >= 11 is 0. The van der Waals surface area contributed by atoms with Crippen LogP contribution in [0.25, 0.3) is 0 Å². The van der Waals surface area contributed by atoms with E-state index in [0.29, 0.717) is 19.6 Å². The predicted molar refractivity (Wildman–Crippen MR) is 85.8 cm³/mol. The van der Waals surface area contributed by atoms with Gasteiger partial charge in [-0.25, -0.2) is 13.2 Å². The van der Waals surface area contributed by atoms with Crippen molar-refractivity contribution < 1.29 is 17.7 Å². The van der Waals surface area contributed by atoms with Gasteiger partial charge in [0.15, 0.2) is 0 Å². The summed E-state index contributed by atoms with van der Waals surface area (Å²) < 4.78 is 27.5. The van der Waals surface area contributed by atoms with E-state index in [-0.39, 0.29) is 11.8 Å². The van der Waals surface area contributed by atoms with E-state index in [1.54, 1.807) is 11.8 Å². The van der Waals surface area contributed by atoms with Gasteiger partial charge in [-0.2, -0.15) is 0 Å². The molecular formula is C14H24N4O4S. The Kier molecular flexibility index (Phi) is 5.64. The van der Waals surface area contributed by atoms with Gasteiger partial charge in [-0.1, -0.05) is 5.16 Å². The number of aryl methyl sites for hydroxylation is 1. The van der Waals surface area contributed by atoms with Gasteiger partial charge in [0.05, 0.1) is 11.4 Å². The topological polar surface area (TPSA) is 95.8 Å². The number of urea groups is 1.